The van der Waals surface area contributed by atoms with Crippen molar-refractivity contribution in [1.29, 1.82) is 5.26 Å². The van der Waals surface area contributed by atoms with E-state index < -0.39 is 18.2 Å². The van der Waals surface area contributed by atoms with Crippen molar-refractivity contribution in [3.8, 4) is 11.9 Å². The lowest BCUT2D eigenvalue weighted by atomic mass is 10.2. The minimum absolute atomic E-state index is 0.0150. The average molecular weight is 391 g/mol. The zero-order valence-electron chi connectivity index (χ0n) is 15.3. The highest BCUT2D eigenvalue weighted by Gasteiger charge is 2.33. The Kier molecular flexibility index (Phi) is 5.56. The summed E-state index contributed by atoms with van der Waals surface area (Å²) in [5, 5.41) is 21.8. The number of aromatic nitrogens is 3. The van der Waals surface area contributed by atoms with E-state index in [-0.39, 0.29) is 29.9 Å². The molecule has 0 unspecified atom stereocenters. The van der Waals surface area contributed by atoms with Gasteiger partial charge in [0.1, 0.15) is 6.07 Å². The van der Waals surface area contributed by atoms with Gasteiger partial charge in [-0.2, -0.15) is 14.0 Å². The number of ether oxygens (including phenoxy) is 1. The standard InChI is InChI=1S/C18H19F2N5O3/c1-9-5-13(10(2)22-16(9)28-18(19)20)24-15-17(27)25(7-12(6-21)23-15)14(8-26)11-3-4-11/h5,7,11,14,18,26H,3-4,8H2,1-2H3,(H,23,24)/t14-/m1/s1. The number of aliphatic hydroxyl groups is 1. The van der Waals surface area contributed by atoms with Crippen molar-refractivity contribution in [3.63, 3.8) is 0 Å². The highest BCUT2D eigenvalue weighted by molar-refractivity contribution is 5.60. The van der Waals surface area contributed by atoms with Crippen LogP contribution in [0.4, 0.5) is 20.3 Å². The fourth-order valence-electron chi connectivity index (χ4n) is 2.98. The lowest BCUT2D eigenvalue weighted by Crippen LogP contribution is -2.31. The Morgan fingerprint density at radius 3 is 2.71 bits per heavy atom. The van der Waals surface area contributed by atoms with Gasteiger partial charge in [-0.15, -0.1) is 0 Å². The minimum atomic E-state index is -3.00. The third-order valence-electron chi connectivity index (χ3n) is 4.57. The van der Waals surface area contributed by atoms with E-state index in [0.717, 1.165) is 12.8 Å². The van der Waals surface area contributed by atoms with Gasteiger partial charge in [-0.05, 0) is 38.7 Å². The molecule has 0 spiro atoms. The molecule has 1 saturated carbocycles. The molecule has 2 heterocycles. The molecule has 0 amide bonds. The van der Waals surface area contributed by atoms with Crippen LogP contribution >= 0.6 is 0 Å². The molecule has 0 radical (unpaired) electrons. The molecule has 2 aromatic rings. The summed E-state index contributed by atoms with van der Waals surface area (Å²) in [4.78, 5) is 20.9. The highest BCUT2D eigenvalue weighted by atomic mass is 19.3. The van der Waals surface area contributed by atoms with Gasteiger partial charge in [-0.1, -0.05) is 0 Å². The van der Waals surface area contributed by atoms with Crippen molar-refractivity contribution >= 4 is 11.5 Å². The predicted octanol–water partition coefficient (Wildman–Crippen LogP) is 2.42. The van der Waals surface area contributed by atoms with E-state index in [1.807, 2.05) is 6.07 Å². The van der Waals surface area contributed by atoms with Gasteiger partial charge in [-0.3, -0.25) is 4.79 Å². The van der Waals surface area contributed by atoms with Gasteiger partial charge >= 0.3 is 6.61 Å². The van der Waals surface area contributed by atoms with Crippen LogP contribution in [-0.2, 0) is 0 Å². The molecule has 1 aliphatic carbocycles. The topological polar surface area (TPSA) is 113 Å². The van der Waals surface area contributed by atoms with E-state index in [1.54, 1.807) is 13.8 Å². The smallest absolute Gasteiger partial charge is 0.388 e. The van der Waals surface area contributed by atoms with Crippen LogP contribution < -0.4 is 15.6 Å². The van der Waals surface area contributed by atoms with Crippen LogP contribution in [0.5, 0.6) is 5.88 Å². The van der Waals surface area contributed by atoms with Crippen molar-refractivity contribution in [3.05, 3.63) is 39.6 Å². The van der Waals surface area contributed by atoms with Gasteiger partial charge in [0, 0.05) is 11.8 Å². The Hall–Kier alpha value is -3.06. The molecule has 10 heteroatoms. The molecular weight excluding hydrogens is 372 g/mol. The maximum Gasteiger partial charge on any atom is 0.388 e. The summed E-state index contributed by atoms with van der Waals surface area (Å²) in [5.74, 6) is -0.130. The Labute approximate surface area is 159 Å². The molecule has 2 N–H and O–H groups in total. The number of pyridine rings is 1. The first-order valence-corrected chi connectivity index (χ1v) is 8.68. The normalized spacial score (nSPS) is 14.6. The number of hydrogen-bond donors (Lipinski definition) is 2. The number of nitriles is 1. The molecule has 1 fully saturated rings. The summed E-state index contributed by atoms with van der Waals surface area (Å²) < 4.78 is 30.6. The fourth-order valence-corrected chi connectivity index (χ4v) is 2.98. The molecule has 3 rings (SSSR count). The number of nitrogens with one attached hydrogen (secondary N) is 1. The van der Waals surface area contributed by atoms with Crippen LogP contribution in [0.2, 0.25) is 0 Å². The summed E-state index contributed by atoms with van der Waals surface area (Å²) >= 11 is 0. The molecular formula is C18H19F2N5O3. The zero-order chi connectivity index (χ0) is 20.4. The molecule has 1 atom stereocenters. The van der Waals surface area contributed by atoms with Crippen molar-refractivity contribution in [2.75, 3.05) is 11.9 Å². The van der Waals surface area contributed by atoms with Crippen LogP contribution in [0.1, 0.15) is 35.8 Å². The van der Waals surface area contributed by atoms with E-state index in [9.17, 15) is 23.9 Å². The number of hydrogen-bond acceptors (Lipinski definition) is 7. The Balaban J connectivity index is 1.99. The molecule has 148 valence electrons. The molecule has 0 saturated heterocycles. The molecule has 8 nitrogen and oxygen atoms in total. The minimum Gasteiger partial charge on any atom is -0.417 e. The summed E-state index contributed by atoms with van der Waals surface area (Å²) in [6, 6.07) is 2.99. The van der Waals surface area contributed by atoms with Crippen LogP contribution in [-0.4, -0.2) is 32.9 Å². The van der Waals surface area contributed by atoms with Crippen LogP contribution in [0.25, 0.3) is 0 Å². The number of nitrogens with zero attached hydrogens (tertiary/aromatic N) is 4. The van der Waals surface area contributed by atoms with Crippen molar-refractivity contribution in [2.45, 2.75) is 39.3 Å². The Bertz CT molecular complexity index is 982. The van der Waals surface area contributed by atoms with Gasteiger partial charge < -0.3 is 19.7 Å². The van der Waals surface area contributed by atoms with Gasteiger partial charge in [0.05, 0.1) is 24.0 Å². The summed E-state index contributed by atoms with van der Waals surface area (Å²) in [7, 11) is 0. The Morgan fingerprint density at radius 1 is 1.43 bits per heavy atom. The average Bonchev–Trinajstić information content (AvgIpc) is 3.47. The second kappa shape index (κ2) is 7.90. The summed E-state index contributed by atoms with van der Waals surface area (Å²) in [6.45, 7) is -0.114. The second-order valence-electron chi connectivity index (χ2n) is 6.63. The van der Waals surface area contributed by atoms with E-state index in [4.69, 9.17) is 0 Å². The Morgan fingerprint density at radius 2 is 2.14 bits per heavy atom. The largest absolute Gasteiger partial charge is 0.417 e. The third kappa shape index (κ3) is 4.09. The number of anilines is 2. The van der Waals surface area contributed by atoms with Crippen molar-refractivity contribution in [2.24, 2.45) is 5.92 Å². The molecule has 0 bridgehead atoms. The van der Waals surface area contributed by atoms with Crippen LogP contribution in [0.3, 0.4) is 0 Å². The van der Waals surface area contributed by atoms with E-state index in [0.29, 0.717) is 16.9 Å². The second-order valence-corrected chi connectivity index (χ2v) is 6.63. The first-order chi connectivity index (χ1) is 13.3. The number of rotatable bonds is 7. The van der Waals surface area contributed by atoms with E-state index in [2.05, 4.69) is 20.0 Å². The first kappa shape index (κ1) is 19.7. The number of aliphatic hydroxyl groups excluding tert-OH is 1. The number of aryl methyl sites for hydroxylation is 2. The maximum absolute atomic E-state index is 12.9. The quantitative estimate of drug-likeness (QED) is 0.745. The van der Waals surface area contributed by atoms with Gasteiger partial charge in [0.2, 0.25) is 5.88 Å². The van der Waals surface area contributed by atoms with Crippen LogP contribution in [0, 0.1) is 31.1 Å². The number of halogens is 2. The van der Waals surface area contributed by atoms with Crippen LogP contribution in [0.15, 0.2) is 17.1 Å². The monoisotopic (exact) mass is 391 g/mol. The highest BCUT2D eigenvalue weighted by Crippen LogP contribution is 2.39. The fraction of sp³-hybridized carbons (Fsp3) is 0.444. The SMILES string of the molecule is Cc1cc(Nc2nc(C#N)cn([C@H](CO)C3CC3)c2=O)c(C)nc1OC(F)F. The van der Waals surface area contributed by atoms with Gasteiger partial charge in [0.15, 0.2) is 11.5 Å². The molecule has 28 heavy (non-hydrogen) atoms. The van der Waals surface area contributed by atoms with Gasteiger partial charge in [0.25, 0.3) is 5.56 Å². The molecule has 0 aromatic carbocycles. The molecule has 0 aliphatic heterocycles. The zero-order valence-corrected chi connectivity index (χ0v) is 15.3. The van der Waals surface area contributed by atoms with Gasteiger partial charge in [-0.25, -0.2) is 9.97 Å². The number of alkyl halides is 2. The molecule has 2 aromatic heterocycles. The van der Waals surface area contributed by atoms with Crippen molar-refractivity contribution in [1.82, 2.24) is 14.5 Å². The predicted molar refractivity (Wildman–Crippen MR) is 95.7 cm³/mol. The lowest BCUT2D eigenvalue weighted by molar-refractivity contribution is -0.0533. The lowest BCUT2D eigenvalue weighted by Gasteiger charge is -2.18. The summed E-state index contributed by atoms with van der Waals surface area (Å²) in [5.41, 5.74) is 0.557. The van der Waals surface area contributed by atoms with E-state index >= 15 is 0 Å². The maximum atomic E-state index is 12.9. The summed E-state index contributed by atoms with van der Waals surface area (Å²) in [6.07, 6.45) is 3.14. The van der Waals surface area contributed by atoms with E-state index in [1.165, 1.54) is 16.8 Å². The van der Waals surface area contributed by atoms with Crippen molar-refractivity contribution < 1.29 is 18.6 Å². The third-order valence-corrected chi connectivity index (χ3v) is 4.57. The first-order valence-electron chi connectivity index (χ1n) is 8.68. The molecule has 1 aliphatic rings.